The molecular weight excluding hydrogens is 408 g/mol. The van der Waals surface area contributed by atoms with E-state index in [-0.39, 0.29) is 6.61 Å². The molecule has 0 saturated carbocycles. The monoisotopic (exact) mass is 428 g/mol. The van der Waals surface area contributed by atoms with Crippen LogP contribution in [0.25, 0.3) is 11.3 Å². The second-order valence-corrected chi connectivity index (χ2v) is 6.94. The Hall–Kier alpha value is -3.43. The molecule has 0 radical (unpaired) electrons. The van der Waals surface area contributed by atoms with Crippen molar-refractivity contribution in [2.45, 2.75) is 6.61 Å². The molecule has 1 amide bonds. The van der Waals surface area contributed by atoms with Gasteiger partial charge in [-0.1, -0.05) is 12.1 Å². The van der Waals surface area contributed by atoms with Crippen molar-refractivity contribution in [2.24, 2.45) is 0 Å². The van der Waals surface area contributed by atoms with Gasteiger partial charge in [-0.2, -0.15) is 0 Å². The standard InChI is InChI=1S/C21H20N2O6S/c1-27-15-7-8-18(28-2)16(9-15)17-12-30-21(22-17)23-19(25)11-29-20(26)14-5-3-13(10-24)4-6-14/h3-9,12,24H,10-11H2,1-2H3,(H,22,23,25). The summed E-state index contributed by atoms with van der Waals surface area (Å²) >= 11 is 1.24. The number of amides is 1. The topological polar surface area (TPSA) is 107 Å². The first-order valence-corrected chi connectivity index (χ1v) is 9.76. The molecule has 3 rings (SSSR count). The molecule has 0 bridgehead atoms. The number of hydrogen-bond donors (Lipinski definition) is 2. The van der Waals surface area contributed by atoms with Gasteiger partial charge in [0.1, 0.15) is 11.5 Å². The highest BCUT2D eigenvalue weighted by Crippen LogP contribution is 2.34. The molecule has 0 fully saturated rings. The number of esters is 1. The fourth-order valence-electron chi connectivity index (χ4n) is 2.59. The lowest BCUT2D eigenvalue weighted by atomic mass is 10.1. The average molecular weight is 428 g/mol. The number of aromatic nitrogens is 1. The number of aliphatic hydroxyl groups is 1. The molecule has 0 aliphatic carbocycles. The Labute approximate surface area is 177 Å². The zero-order valence-electron chi connectivity index (χ0n) is 16.4. The van der Waals surface area contributed by atoms with E-state index in [4.69, 9.17) is 19.3 Å². The molecule has 1 heterocycles. The smallest absolute Gasteiger partial charge is 0.338 e. The van der Waals surface area contributed by atoms with Gasteiger partial charge < -0.3 is 19.3 Å². The molecule has 3 aromatic rings. The van der Waals surface area contributed by atoms with Crippen molar-refractivity contribution in [3.63, 3.8) is 0 Å². The number of anilines is 1. The first-order chi connectivity index (χ1) is 14.5. The van der Waals surface area contributed by atoms with Gasteiger partial charge in [0.25, 0.3) is 5.91 Å². The van der Waals surface area contributed by atoms with Crippen LogP contribution in [0.5, 0.6) is 11.5 Å². The van der Waals surface area contributed by atoms with Gasteiger partial charge in [-0.3, -0.25) is 10.1 Å². The summed E-state index contributed by atoms with van der Waals surface area (Å²) in [6.45, 7) is -0.562. The average Bonchev–Trinajstić information content (AvgIpc) is 3.25. The zero-order valence-corrected chi connectivity index (χ0v) is 17.2. The maximum Gasteiger partial charge on any atom is 0.338 e. The lowest BCUT2D eigenvalue weighted by Gasteiger charge is -2.08. The van der Waals surface area contributed by atoms with Crippen LogP contribution in [0.4, 0.5) is 5.13 Å². The SMILES string of the molecule is COc1ccc(OC)c(-c2csc(NC(=O)COC(=O)c3ccc(CO)cc3)n2)c1. The number of nitrogens with one attached hydrogen (secondary N) is 1. The summed E-state index contributed by atoms with van der Waals surface area (Å²) in [6, 6.07) is 11.6. The van der Waals surface area contributed by atoms with Gasteiger partial charge in [0.15, 0.2) is 11.7 Å². The molecule has 0 aliphatic heterocycles. The van der Waals surface area contributed by atoms with Crippen molar-refractivity contribution in [2.75, 3.05) is 26.1 Å². The summed E-state index contributed by atoms with van der Waals surface area (Å²) in [5, 5.41) is 13.8. The third-order valence-electron chi connectivity index (χ3n) is 4.14. The largest absolute Gasteiger partial charge is 0.497 e. The van der Waals surface area contributed by atoms with Crippen LogP contribution in [0.15, 0.2) is 47.8 Å². The molecule has 156 valence electrons. The predicted octanol–water partition coefficient (Wildman–Crippen LogP) is 3.12. The maximum absolute atomic E-state index is 12.1. The van der Waals surface area contributed by atoms with Gasteiger partial charge in [-0.25, -0.2) is 9.78 Å². The molecule has 0 saturated heterocycles. The van der Waals surface area contributed by atoms with Crippen molar-refractivity contribution in [1.29, 1.82) is 0 Å². The van der Waals surface area contributed by atoms with Gasteiger partial charge in [0.2, 0.25) is 0 Å². The first-order valence-electron chi connectivity index (χ1n) is 8.88. The highest BCUT2D eigenvalue weighted by molar-refractivity contribution is 7.14. The fourth-order valence-corrected chi connectivity index (χ4v) is 3.31. The Morgan fingerprint density at radius 2 is 1.87 bits per heavy atom. The van der Waals surface area contributed by atoms with Crippen LogP contribution in [0.2, 0.25) is 0 Å². The van der Waals surface area contributed by atoms with Crippen LogP contribution >= 0.6 is 11.3 Å². The summed E-state index contributed by atoms with van der Waals surface area (Å²) in [7, 11) is 3.13. The van der Waals surface area contributed by atoms with Gasteiger partial charge in [0.05, 0.1) is 32.1 Å². The third-order valence-corrected chi connectivity index (χ3v) is 4.90. The summed E-state index contributed by atoms with van der Waals surface area (Å²) in [5.74, 6) is 0.146. The van der Waals surface area contributed by atoms with E-state index in [1.165, 1.54) is 23.5 Å². The second kappa shape index (κ2) is 9.86. The molecule has 2 aromatic carbocycles. The second-order valence-electron chi connectivity index (χ2n) is 6.08. The predicted molar refractivity (Wildman–Crippen MR) is 112 cm³/mol. The number of thiazole rings is 1. The number of nitrogens with zero attached hydrogens (tertiary/aromatic N) is 1. The lowest BCUT2D eigenvalue weighted by Crippen LogP contribution is -2.20. The highest BCUT2D eigenvalue weighted by atomic mass is 32.1. The summed E-state index contributed by atoms with van der Waals surface area (Å²) < 4.78 is 15.6. The van der Waals surface area contributed by atoms with Crippen molar-refractivity contribution in [3.05, 3.63) is 59.0 Å². The zero-order chi connectivity index (χ0) is 21.5. The van der Waals surface area contributed by atoms with E-state index in [2.05, 4.69) is 10.3 Å². The molecule has 0 unspecified atom stereocenters. The van der Waals surface area contributed by atoms with Gasteiger partial charge in [-0.15, -0.1) is 11.3 Å². The van der Waals surface area contributed by atoms with E-state index in [0.29, 0.717) is 33.5 Å². The minimum absolute atomic E-state index is 0.116. The molecule has 8 nitrogen and oxygen atoms in total. The van der Waals surface area contributed by atoms with Crippen LogP contribution in [0, 0.1) is 0 Å². The van der Waals surface area contributed by atoms with E-state index >= 15 is 0 Å². The number of aliphatic hydroxyl groups excluding tert-OH is 1. The number of hydrogen-bond acceptors (Lipinski definition) is 8. The number of ether oxygens (including phenoxy) is 3. The Kier molecular flexibility index (Phi) is 6.99. The maximum atomic E-state index is 12.1. The van der Waals surface area contributed by atoms with E-state index in [0.717, 1.165) is 5.56 Å². The normalized spacial score (nSPS) is 10.4. The van der Waals surface area contributed by atoms with Crippen LogP contribution < -0.4 is 14.8 Å². The van der Waals surface area contributed by atoms with E-state index in [1.807, 2.05) is 0 Å². The first kappa shape index (κ1) is 21.3. The highest BCUT2D eigenvalue weighted by Gasteiger charge is 2.14. The van der Waals surface area contributed by atoms with Crippen molar-refractivity contribution < 1.29 is 28.9 Å². The molecule has 0 atom stereocenters. The number of carbonyl (C=O) groups is 2. The Balaban J connectivity index is 1.60. The number of methoxy groups -OCH3 is 2. The van der Waals surface area contributed by atoms with Gasteiger partial charge >= 0.3 is 5.97 Å². The quantitative estimate of drug-likeness (QED) is 0.531. The van der Waals surface area contributed by atoms with Gasteiger partial charge in [0, 0.05) is 10.9 Å². The lowest BCUT2D eigenvalue weighted by molar-refractivity contribution is -0.119. The summed E-state index contributed by atoms with van der Waals surface area (Å²) in [6.07, 6.45) is 0. The van der Waals surface area contributed by atoms with E-state index in [1.54, 1.807) is 49.9 Å². The Morgan fingerprint density at radius 3 is 2.53 bits per heavy atom. The Morgan fingerprint density at radius 1 is 1.10 bits per heavy atom. The van der Waals surface area contributed by atoms with Crippen LogP contribution in [-0.2, 0) is 16.1 Å². The van der Waals surface area contributed by atoms with Crippen LogP contribution in [0.1, 0.15) is 15.9 Å². The summed E-state index contributed by atoms with van der Waals surface area (Å²) in [4.78, 5) is 28.5. The molecule has 9 heteroatoms. The summed E-state index contributed by atoms with van der Waals surface area (Å²) in [5.41, 5.74) is 2.32. The molecule has 0 aliphatic rings. The van der Waals surface area contributed by atoms with Crippen LogP contribution in [0.3, 0.4) is 0 Å². The molecule has 0 spiro atoms. The Bertz CT molecular complexity index is 1030. The molecule has 1 aromatic heterocycles. The van der Waals surface area contributed by atoms with Crippen molar-refractivity contribution >= 4 is 28.3 Å². The number of rotatable bonds is 8. The number of benzene rings is 2. The van der Waals surface area contributed by atoms with Crippen LogP contribution in [-0.4, -0.2) is 42.8 Å². The minimum atomic E-state index is -0.629. The van der Waals surface area contributed by atoms with Gasteiger partial charge in [-0.05, 0) is 35.9 Å². The molecule has 2 N–H and O–H groups in total. The molecular formula is C21H20N2O6S. The van der Waals surface area contributed by atoms with E-state index in [9.17, 15) is 9.59 Å². The van der Waals surface area contributed by atoms with Crippen molar-refractivity contribution in [1.82, 2.24) is 4.98 Å². The fraction of sp³-hybridized carbons (Fsp3) is 0.190. The number of carbonyl (C=O) groups excluding carboxylic acids is 2. The molecule has 30 heavy (non-hydrogen) atoms. The third kappa shape index (κ3) is 5.13. The van der Waals surface area contributed by atoms with Crippen molar-refractivity contribution in [3.8, 4) is 22.8 Å². The minimum Gasteiger partial charge on any atom is -0.497 e. The van der Waals surface area contributed by atoms with E-state index < -0.39 is 18.5 Å².